The second kappa shape index (κ2) is 22.5. The Kier molecular flexibility index (Phi) is 97.5. The van der Waals surface area contributed by atoms with Crippen molar-refractivity contribution in [2.45, 2.75) is 0 Å². The molecule has 0 N–H and O–H groups in total. The predicted molar refractivity (Wildman–Crippen MR) is 29.1 cm³/mol. The molecular weight excluding hydrogens is 106 g/mol. The molecule has 0 saturated carbocycles. The molecule has 0 nitrogen and oxygen atoms in total. The second-order valence-corrected chi connectivity index (χ2v) is 0. The van der Waals surface area contributed by atoms with E-state index in [4.69, 9.17) is 0 Å². The van der Waals surface area contributed by atoms with Crippen molar-refractivity contribution in [3.05, 3.63) is 0 Å². The number of alkyl halides is 1. The Hall–Kier alpha value is 1.67. The van der Waals surface area contributed by atoms with Crippen molar-refractivity contribution in [2.24, 2.45) is 0 Å². The summed E-state index contributed by atoms with van der Waals surface area (Å²) in [6.45, 7) is 0. The van der Waals surface area contributed by atoms with Crippen molar-refractivity contribution in [1.82, 2.24) is 0 Å². The molecule has 4 heavy (non-hydrogen) atoms. The van der Waals surface area contributed by atoms with Crippen LogP contribution in [0.25, 0.3) is 0 Å². The first-order chi connectivity index (χ1) is 1.00. The Morgan fingerprint density at radius 1 is 1.00 bits per heavy atom. The molecule has 3 heteroatoms. The molecule has 0 bridgehead atoms. The minimum absolute atomic E-state index is 0. The van der Waals surface area contributed by atoms with Gasteiger partial charge in [-0.25, -0.2) is 0 Å². The van der Waals surface area contributed by atoms with Crippen LogP contribution in [-0.2, 0) is 0 Å². The fraction of sp³-hybridized carbons (Fsp3) is 1.00. The second-order valence-electron chi connectivity index (χ2n) is 0. The van der Waals surface area contributed by atoms with Gasteiger partial charge >= 0.3 is 37.7 Å². The van der Waals surface area contributed by atoms with E-state index in [-0.39, 0.29) is 37.7 Å². The monoisotopic (exact) mass is 110 g/mol. The van der Waals surface area contributed by atoms with Gasteiger partial charge in [0.15, 0.2) is 0 Å². The molecule has 0 atom stereocenters. The zero-order chi connectivity index (χ0) is 2.00. The maximum absolute atomic E-state index is 2.94. The molecule has 0 fully saturated rings. The molecule has 0 aromatic heterocycles. The van der Waals surface area contributed by atoms with Gasteiger partial charge in [0.1, 0.15) is 0 Å². The van der Waals surface area contributed by atoms with Gasteiger partial charge in [-0.1, -0.05) is 15.9 Å². The Bertz CT molecular complexity index is 6.00. The van der Waals surface area contributed by atoms with Crippen molar-refractivity contribution in [3.8, 4) is 0 Å². The van der Waals surface area contributed by atoms with Gasteiger partial charge < -0.3 is 0 Å². The molecule has 0 aromatic carbocycles. The van der Waals surface area contributed by atoms with E-state index in [0.29, 0.717) is 0 Å². The SMILES string of the molecule is CBr.[LiH].[LiH]. The first-order valence-corrected chi connectivity index (χ1v) is 1.96. The van der Waals surface area contributed by atoms with Gasteiger partial charge in [0.25, 0.3) is 0 Å². The third kappa shape index (κ3) is 9.37. The molecule has 0 unspecified atom stereocenters. The summed E-state index contributed by atoms with van der Waals surface area (Å²) in [5, 5.41) is 0. The van der Waals surface area contributed by atoms with Crippen molar-refractivity contribution >= 4 is 53.7 Å². The van der Waals surface area contributed by atoms with Gasteiger partial charge in [-0.15, -0.1) is 0 Å². The van der Waals surface area contributed by atoms with Gasteiger partial charge in [0, 0.05) is 0 Å². The molecular formula is CH5BrLi2. The fourth-order valence-corrected chi connectivity index (χ4v) is 0. The summed E-state index contributed by atoms with van der Waals surface area (Å²) in [7, 11) is 0. The molecule has 0 saturated heterocycles. The Morgan fingerprint density at radius 3 is 1.00 bits per heavy atom. The van der Waals surface area contributed by atoms with Gasteiger partial charge in [-0.3, -0.25) is 0 Å². The van der Waals surface area contributed by atoms with E-state index >= 15 is 0 Å². The minimum atomic E-state index is 0. The van der Waals surface area contributed by atoms with Crippen LogP contribution in [0.15, 0.2) is 0 Å². The van der Waals surface area contributed by atoms with Crippen LogP contribution >= 0.6 is 15.9 Å². The van der Waals surface area contributed by atoms with Gasteiger partial charge in [0.2, 0.25) is 0 Å². The molecule has 0 heterocycles. The molecule has 0 rings (SSSR count). The Balaban J connectivity index is -0.00000000500. The first-order valence-electron chi connectivity index (χ1n) is 0.378. The van der Waals surface area contributed by atoms with Crippen LogP contribution in [0, 0.1) is 0 Å². The summed E-state index contributed by atoms with van der Waals surface area (Å²) in [4.78, 5) is 0. The molecule has 0 aliphatic rings. The van der Waals surface area contributed by atoms with E-state index in [9.17, 15) is 0 Å². The first kappa shape index (κ1) is 17.3. The fourth-order valence-electron chi connectivity index (χ4n) is 0. The zero-order valence-corrected chi connectivity index (χ0v) is 2.96. The van der Waals surface area contributed by atoms with Crippen molar-refractivity contribution < 1.29 is 0 Å². The normalized spacial score (nSPS) is 1.50. The Labute approximate surface area is 59.2 Å². The van der Waals surface area contributed by atoms with Crippen molar-refractivity contribution in [1.29, 1.82) is 0 Å². The third-order valence-corrected chi connectivity index (χ3v) is 0. The average molecular weight is 111 g/mol. The van der Waals surface area contributed by atoms with Gasteiger partial charge in [-0.05, 0) is 5.83 Å². The molecule has 18 valence electrons. The van der Waals surface area contributed by atoms with Crippen LogP contribution in [0.5, 0.6) is 0 Å². The molecule has 0 radical (unpaired) electrons. The summed E-state index contributed by atoms with van der Waals surface area (Å²) >= 11 is 2.94. The van der Waals surface area contributed by atoms with Gasteiger partial charge in [-0.2, -0.15) is 0 Å². The molecule has 0 aliphatic carbocycles. The summed E-state index contributed by atoms with van der Waals surface area (Å²) < 4.78 is 0. The number of halogens is 1. The van der Waals surface area contributed by atoms with Crippen LogP contribution in [0.1, 0.15) is 0 Å². The van der Waals surface area contributed by atoms with E-state index in [1.165, 1.54) is 0 Å². The van der Waals surface area contributed by atoms with E-state index in [1.807, 2.05) is 5.83 Å². The van der Waals surface area contributed by atoms with Crippen LogP contribution in [0.2, 0.25) is 0 Å². The number of hydrogen-bond acceptors (Lipinski definition) is 0. The quantitative estimate of drug-likeness (QED) is 0.297. The van der Waals surface area contributed by atoms with Crippen LogP contribution in [-0.4, -0.2) is 43.6 Å². The third-order valence-electron chi connectivity index (χ3n) is 0. The van der Waals surface area contributed by atoms with E-state index in [2.05, 4.69) is 15.9 Å². The van der Waals surface area contributed by atoms with Gasteiger partial charge in [0.05, 0.1) is 0 Å². The summed E-state index contributed by atoms with van der Waals surface area (Å²) in [6, 6.07) is 0. The standard InChI is InChI=1S/CH3Br.2Li.2H/c1-2;;;;/h1H3;;;;. The molecule has 0 amide bonds. The molecule has 0 aliphatic heterocycles. The molecule has 0 aromatic rings. The van der Waals surface area contributed by atoms with Crippen molar-refractivity contribution in [3.63, 3.8) is 0 Å². The predicted octanol–water partition coefficient (Wildman–Crippen LogP) is -0.286. The number of hydrogen-bond donors (Lipinski definition) is 0. The number of rotatable bonds is 0. The Morgan fingerprint density at radius 2 is 1.00 bits per heavy atom. The van der Waals surface area contributed by atoms with E-state index in [1.54, 1.807) is 0 Å². The average Bonchev–Trinajstić information content (AvgIpc) is 1.00. The molecule has 0 spiro atoms. The van der Waals surface area contributed by atoms with Crippen molar-refractivity contribution in [2.75, 3.05) is 5.83 Å². The zero-order valence-electron chi connectivity index (χ0n) is 1.38. The van der Waals surface area contributed by atoms with Crippen LogP contribution < -0.4 is 0 Å². The van der Waals surface area contributed by atoms with Crippen LogP contribution in [0.3, 0.4) is 0 Å². The topological polar surface area (TPSA) is 0 Å². The van der Waals surface area contributed by atoms with Crippen LogP contribution in [0.4, 0.5) is 0 Å². The summed E-state index contributed by atoms with van der Waals surface area (Å²) in [5.41, 5.74) is 0. The van der Waals surface area contributed by atoms with E-state index in [0.717, 1.165) is 0 Å². The van der Waals surface area contributed by atoms with E-state index < -0.39 is 0 Å². The maximum atomic E-state index is 2.94. The summed E-state index contributed by atoms with van der Waals surface area (Å²) in [5.74, 6) is 1.81. The summed E-state index contributed by atoms with van der Waals surface area (Å²) in [6.07, 6.45) is 0.